The normalized spacial score (nSPS) is 16.2. The van der Waals surface area contributed by atoms with Crippen LogP contribution in [-0.4, -0.2) is 39.4 Å². The van der Waals surface area contributed by atoms with Crippen molar-refractivity contribution in [2.24, 2.45) is 0 Å². The van der Waals surface area contributed by atoms with Crippen molar-refractivity contribution in [3.63, 3.8) is 0 Å². The summed E-state index contributed by atoms with van der Waals surface area (Å²) in [6.45, 7) is 2.82. The fourth-order valence-electron chi connectivity index (χ4n) is 2.46. The Morgan fingerprint density at radius 1 is 1.45 bits per heavy atom. The van der Waals surface area contributed by atoms with Crippen molar-refractivity contribution in [3.05, 3.63) is 29.3 Å². The molecule has 5 nitrogen and oxygen atoms in total. The second kappa shape index (κ2) is 6.11. The zero-order valence-corrected chi connectivity index (χ0v) is 12.8. The molecule has 20 heavy (non-hydrogen) atoms. The first-order chi connectivity index (χ1) is 9.43. The molecule has 0 saturated carbocycles. The number of rotatable bonds is 6. The fourth-order valence-corrected chi connectivity index (χ4v) is 3.55. The summed E-state index contributed by atoms with van der Waals surface area (Å²) in [7, 11) is -1.23. The van der Waals surface area contributed by atoms with Crippen LogP contribution < -0.4 is 9.62 Å². The highest BCUT2D eigenvalue weighted by molar-refractivity contribution is 7.89. The lowest BCUT2D eigenvalue weighted by Gasteiger charge is -2.15. The molecule has 0 bridgehead atoms. The number of fused-ring (bicyclic) bond motifs is 1. The van der Waals surface area contributed by atoms with Gasteiger partial charge in [-0.1, -0.05) is 19.1 Å². The Kier molecular flexibility index (Phi) is 4.67. The van der Waals surface area contributed by atoms with Gasteiger partial charge < -0.3 is 10.0 Å². The summed E-state index contributed by atoms with van der Waals surface area (Å²) in [6, 6.07) is 5.82. The minimum absolute atomic E-state index is 0.0248. The van der Waals surface area contributed by atoms with Crippen LogP contribution in [0, 0.1) is 0 Å². The van der Waals surface area contributed by atoms with Gasteiger partial charge in [0.05, 0.1) is 11.9 Å². The Morgan fingerprint density at radius 2 is 2.20 bits per heavy atom. The number of benzene rings is 1. The van der Waals surface area contributed by atoms with Crippen molar-refractivity contribution in [3.8, 4) is 0 Å². The maximum absolute atomic E-state index is 11.6. The highest BCUT2D eigenvalue weighted by atomic mass is 32.2. The largest absolute Gasteiger partial charge is 0.387 e. The predicted octanol–water partition coefficient (Wildman–Crippen LogP) is 1.04. The van der Waals surface area contributed by atoms with E-state index < -0.39 is 16.1 Å². The molecule has 112 valence electrons. The fraction of sp³-hybridized carbons (Fsp3) is 0.571. The molecule has 1 aromatic carbocycles. The Balaban J connectivity index is 2.02. The van der Waals surface area contributed by atoms with E-state index in [1.165, 1.54) is 11.3 Å². The summed E-state index contributed by atoms with van der Waals surface area (Å²) < 4.78 is 25.6. The van der Waals surface area contributed by atoms with Gasteiger partial charge in [0, 0.05) is 25.8 Å². The first-order valence-corrected chi connectivity index (χ1v) is 8.57. The van der Waals surface area contributed by atoms with E-state index in [0.717, 1.165) is 18.5 Å². The SMILES string of the molecule is CCCS(=O)(=O)NC[C@H](O)c1ccc2c(c1)CCN2C. The van der Waals surface area contributed by atoms with Gasteiger partial charge >= 0.3 is 0 Å². The number of anilines is 1. The zero-order chi connectivity index (χ0) is 14.8. The average Bonchev–Trinajstić information content (AvgIpc) is 2.77. The Morgan fingerprint density at radius 3 is 2.90 bits per heavy atom. The van der Waals surface area contributed by atoms with Gasteiger partial charge in [0.15, 0.2) is 0 Å². The Hall–Kier alpha value is -1.11. The summed E-state index contributed by atoms with van der Waals surface area (Å²) in [6.07, 6.45) is 0.725. The van der Waals surface area contributed by atoms with Crippen molar-refractivity contribution >= 4 is 15.7 Å². The second-order valence-corrected chi connectivity index (χ2v) is 7.17. The maximum atomic E-state index is 11.6. The van der Waals surface area contributed by atoms with E-state index in [-0.39, 0.29) is 12.3 Å². The first kappa shape index (κ1) is 15.3. The molecule has 0 amide bonds. The number of nitrogens with one attached hydrogen (secondary N) is 1. The summed E-state index contributed by atoms with van der Waals surface area (Å²) in [5.74, 6) is 0.0920. The molecule has 1 aliphatic rings. The summed E-state index contributed by atoms with van der Waals surface area (Å²) in [5, 5.41) is 10.1. The van der Waals surface area contributed by atoms with Crippen LogP contribution in [0.2, 0.25) is 0 Å². The van der Waals surface area contributed by atoms with E-state index in [2.05, 4.69) is 9.62 Å². The third-order valence-electron chi connectivity index (χ3n) is 3.59. The lowest BCUT2D eigenvalue weighted by atomic mass is 10.0. The highest BCUT2D eigenvalue weighted by Gasteiger charge is 2.19. The number of hydrogen-bond donors (Lipinski definition) is 2. The van der Waals surface area contributed by atoms with Crippen LogP contribution in [0.3, 0.4) is 0 Å². The van der Waals surface area contributed by atoms with Gasteiger partial charge in [-0.3, -0.25) is 0 Å². The number of hydrogen-bond acceptors (Lipinski definition) is 4. The number of sulfonamides is 1. The minimum Gasteiger partial charge on any atom is -0.387 e. The van der Waals surface area contributed by atoms with Crippen LogP contribution in [0.4, 0.5) is 5.69 Å². The number of likely N-dealkylation sites (N-methyl/N-ethyl adjacent to an activating group) is 1. The van der Waals surface area contributed by atoms with Crippen LogP contribution in [-0.2, 0) is 16.4 Å². The third-order valence-corrected chi connectivity index (χ3v) is 5.14. The van der Waals surface area contributed by atoms with Crippen LogP contribution in [0.25, 0.3) is 0 Å². The van der Waals surface area contributed by atoms with Crippen molar-refractivity contribution in [2.75, 3.05) is 30.8 Å². The van der Waals surface area contributed by atoms with E-state index >= 15 is 0 Å². The Labute approximate surface area is 120 Å². The average molecular weight is 298 g/mol. The maximum Gasteiger partial charge on any atom is 0.211 e. The molecule has 2 N–H and O–H groups in total. The van der Waals surface area contributed by atoms with Gasteiger partial charge in [0.25, 0.3) is 0 Å². The summed E-state index contributed by atoms with van der Waals surface area (Å²) in [4.78, 5) is 2.18. The van der Waals surface area contributed by atoms with E-state index in [4.69, 9.17) is 0 Å². The van der Waals surface area contributed by atoms with Crippen LogP contribution in [0.5, 0.6) is 0 Å². The van der Waals surface area contributed by atoms with Gasteiger partial charge in [-0.15, -0.1) is 0 Å². The van der Waals surface area contributed by atoms with Crippen molar-refractivity contribution in [1.82, 2.24) is 4.72 Å². The molecule has 0 unspecified atom stereocenters. The number of aliphatic hydroxyl groups is 1. The van der Waals surface area contributed by atoms with Gasteiger partial charge in [-0.2, -0.15) is 0 Å². The van der Waals surface area contributed by atoms with Crippen molar-refractivity contribution in [2.45, 2.75) is 25.9 Å². The summed E-state index contributed by atoms with van der Waals surface area (Å²) in [5.41, 5.74) is 3.16. The molecule has 1 heterocycles. The van der Waals surface area contributed by atoms with Gasteiger partial charge in [0.1, 0.15) is 0 Å². The van der Waals surface area contributed by atoms with Crippen LogP contribution in [0.1, 0.15) is 30.6 Å². The molecule has 2 rings (SSSR count). The van der Waals surface area contributed by atoms with Gasteiger partial charge in [-0.05, 0) is 30.0 Å². The Bertz CT molecular complexity index is 572. The van der Waals surface area contributed by atoms with E-state index in [0.29, 0.717) is 6.42 Å². The highest BCUT2D eigenvalue weighted by Crippen LogP contribution is 2.29. The second-order valence-electron chi connectivity index (χ2n) is 5.24. The predicted molar refractivity (Wildman–Crippen MR) is 80.5 cm³/mol. The zero-order valence-electron chi connectivity index (χ0n) is 12.0. The van der Waals surface area contributed by atoms with E-state index in [1.807, 2.05) is 32.2 Å². The smallest absolute Gasteiger partial charge is 0.211 e. The molecular formula is C14H22N2O3S. The van der Waals surface area contributed by atoms with E-state index in [9.17, 15) is 13.5 Å². The van der Waals surface area contributed by atoms with E-state index in [1.54, 1.807) is 0 Å². The lowest BCUT2D eigenvalue weighted by molar-refractivity contribution is 0.182. The molecule has 1 aliphatic heterocycles. The minimum atomic E-state index is -3.27. The summed E-state index contributed by atoms with van der Waals surface area (Å²) >= 11 is 0. The molecule has 0 aliphatic carbocycles. The molecule has 0 saturated heterocycles. The van der Waals surface area contributed by atoms with Crippen molar-refractivity contribution < 1.29 is 13.5 Å². The topological polar surface area (TPSA) is 69.6 Å². The van der Waals surface area contributed by atoms with Crippen LogP contribution >= 0.6 is 0 Å². The monoisotopic (exact) mass is 298 g/mol. The molecule has 0 aromatic heterocycles. The van der Waals surface area contributed by atoms with Gasteiger partial charge in [-0.25, -0.2) is 13.1 Å². The lowest BCUT2D eigenvalue weighted by Crippen LogP contribution is -2.30. The molecule has 1 atom stereocenters. The molecule has 6 heteroatoms. The number of aliphatic hydroxyl groups excluding tert-OH is 1. The standard InChI is InChI=1S/C14H22N2O3S/c1-3-8-20(18,19)15-10-14(17)12-4-5-13-11(9-12)6-7-16(13)2/h4-5,9,14-15,17H,3,6-8,10H2,1-2H3/t14-/m0/s1. The molecule has 1 aromatic rings. The van der Waals surface area contributed by atoms with Crippen molar-refractivity contribution in [1.29, 1.82) is 0 Å². The van der Waals surface area contributed by atoms with Gasteiger partial charge in [0.2, 0.25) is 10.0 Å². The molecule has 0 fully saturated rings. The third kappa shape index (κ3) is 3.50. The number of nitrogens with zero attached hydrogens (tertiary/aromatic N) is 1. The molecule has 0 spiro atoms. The molecular weight excluding hydrogens is 276 g/mol. The van der Waals surface area contributed by atoms with Crippen LogP contribution in [0.15, 0.2) is 18.2 Å². The first-order valence-electron chi connectivity index (χ1n) is 6.92. The molecule has 0 radical (unpaired) electrons. The quantitative estimate of drug-likeness (QED) is 0.823.